The molecule has 0 aliphatic carbocycles. The van der Waals surface area contributed by atoms with Crippen molar-refractivity contribution in [3.8, 4) is 0 Å². The molecule has 1 atom stereocenters. The first-order valence-corrected chi connectivity index (χ1v) is 7.10. The second kappa shape index (κ2) is 7.11. The number of hydrogen-bond acceptors (Lipinski definition) is 2. The zero-order valence-corrected chi connectivity index (χ0v) is 13.3. The largest absolute Gasteiger partial charge is 0.478 e. The number of carbonyl (C=O) groups is 2. The van der Waals surface area contributed by atoms with Crippen LogP contribution in [0.2, 0.25) is 0 Å². The molecule has 0 bridgehead atoms. The lowest BCUT2D eigenvalue weighted by Crippen LogP contribution is -2.39. The van der Waals surface area contributed by atoms with Crippen LogP contribution in [0.25, 0.3) is 0 Å². The summed E-state index contributed by atoms with van der Waals surface area (Å²) >= 11 is 0. The second-order valence-electron chi connectivity index (χ2n) is 5.82. The maximum absolute atomic E-state index is 12.3. The van der Waals surface area contributed by atoms with Crippen LogP contribution in [0.5, 0.6) is 0 Å². The Morgan fingerprint density at radius 1 is 1.29 bits per heavy atom. The highest BCUT2D eigenvalue weighted by Gasteiger charge is 2.20. The quantitative estimate of drug-likeness (QED) is 0.871. The fourth-order valence-electron chi connectivity index (χ4n) is 2.25. The minimum Gasteiger partial charge on any atom is -0.478 e. The summed E-state index contributed by atoms with van der Waals surface area (Å²) in [6.07, 6.45) is 0.892. The summed E-state index contributed by atoms with van der Waals surface area (Å²) in [6, 6.07) is 4.73. The van der Waals surface area contributed by atoms with Gasteiger partial charge in [0.05, 0.1) is 11.3 Å². The molecular weight excluding hydrogens is 268 g/mol. The fourth-order valence-corrected chi connectivity index (χ4v) is 2.25. The van der Waals surface area contributed by atoms with Crippen LogP contribution in [-0.2, 0) is 0 Å². The van der Waals surface area contributed by atoms with E-state index in [0.29, 0.717) is 11.6 Å². The maximum atomic E-state index is 12.3. The third-order valence-electron chi connectivity index (χ3n) is 3.53. The number of benzene rings is 1. The molecule has 0 fully saturated rings. The van der Waals surface area contributed by atoms with Gasteiger partial charge in [-0.25, -0.2) is 9.59 Å². The number of nitrogens with zero attached hydrogens (tertiary/aromatic N) is 1. The van der Waals surface area contributed by atoms with E-state index in [-0.39, 0.29) is 17.6 Å². The molecule has 2 amide bonds. The standard InChI is InChI=1S/C16H24N2O3/c1-10(2)9-12(4)18(5)16(21)17-14-11(3)7-6-8-13(14)15(19)20/h6-8,10,12H,9H2,1-5H3,(H,17,21)(H,19,20). The summed E-state index contributed by atoms with van der Waals surface area (Å²) in [5.41, 5.74) is 1.19. The van der Waals surface area contributed by atoms with Crippen molar-refractivity contribution in [2.75, 3.05) is 12.4 Å². The van der Waals surface area contributed by atoms with Crippen LogP contribution in [0, 0.1) is 12.8 Å². The van der Waals surface area contributed by atoms with Crippen LogP contribution in [0.4, 0.5) is 10.5 Å². The van der Waals surface area contributed by atoms with Crippen LogP contribution in [0.3, 0.4) is 0 Å². The third-order valence-corrected chi connectivity index (χ3v) is 3.53. The molecule has 0 saturated carbocycles. The molecule has 1 aromatic rings. The van der Waals surface area contributed by atoms with E-state index in [2.05, 4.69) is 19.2 Å². The lowest BCUT2D eigenvalue weighted by molar-refractivity contribution is 0.0698. The molecule has 0 spiro atoms. The van der Waals surface area contributed by atoms with Gasteiger partial charge in [0, 0.05) is 13.1 Å². The Kier molecular flexibility index (Phi) is 5.76. The molecule has 1 rings (SSSR count). The van der Waals surface area contributed by atoms with Gasteiger partial charge in [0.15, 0.2) is 0 Å². The molecule has 5 heteroatoms. The number of carboxylic acid groups (broad SMARTS) is 1. The Labute approximate surface area is 126 Å². The first-order valence-electron chi connectivity index (χ1n) is 7.10. The number of hydrogen-bond donors (Lipinski definition) is 2. The molecule has 0 saturated heterocycles. The molecule has 21 heavy (non-hydrogen) atoms. The van der Waals surface area contributed by atoms with E-state index in [9.17, 15) is 14.7 Å². The highest BCUT2D eigenvalue weighted by atomic mass is 16.4. The molecule has 2 N–H and O–H groups in total. The number of aromatic carboxylic acids is 1. The molecule has 0 heterocycles. The predicted octanol–water partition coefficient (Wildman–Crippen LogP) is 3.59. The van der Waals surface area contributed by atoms with E-state index in [1.165, 1.54) is 6.07 Å². The van der Waals surface area contributed by atoms with Crippen LogP contribution in [-0.4, -0.2) is 35.1 Å². The van der Waals surface area contributed by atoms with Crippen LogP contribution < -0.4 is 5.32 Å². The number of aryl methyl sites for hydroxylation is 1. The summed E-state index contributed by atoms with van der Waals surface area (Å²) in [7, 11) is 1.72. The van der Waals surface area contributed by atoms with Crippen molar-refractivity contribution in [1.29, 1.82) is 0 Å². The number of nitrogens with one attached hydrogen (secondary N) is 1. The number of rotatable bonds is 5. The molecule has 0 aliphatic heterocycles. The normalized spacial score (nSPS) is 12.1. The SMILES string of the molecule is Cc1cccc(C(=O)O)c1NC(=O)N(C)C(C)CC(C)C. The maximum Gasteiger partial charge on any atom is 0.337 e. The predicted molar refractivity (Wildman–Crippen MR) is 83.8 cm³/mol. The molecule has 0 radical (unpaired) electrons. The number of urea groups is 1. The average molecular weight is 292 g/mol. The van der Waals surface area contributed by atoms with E-state index in [1.807, 2.05) is 6.92 Å². The summed E-state index contributed by atoms with van der Waals surface area (Å²) in [5.74, 6) is -0.560. The third kappa shape index (κ3) is 4.48. The van der Waals surface area contributed by atoms with Crippen LogP contribution in [0.15, 0.2) is 18.2 Å². The van der Waals surface area contributed by atoms with E-state index in [4.69, 9.17) is 0 Å². The van der Waals surface area contributed by atoms with Crippen molar-refractivity contribution in [3.05, 3.63) is 29.3 Å². The lowest BCUT2D eigenvalue weighted by atomic mass is 10.0. The van der Waals surface area contributed by atoms with Gasteiger partial charge >= 0.3 is 12.0 Å². The molecular formula is C16H24N2O3. The van der Waals surface area contributed by atoms with E-state index >= 15 is 0 Å². The molecule has 5 nitrogen and oxygen atoms in total. The Morgan fingerprint density at radius 2 is 1.90 bits per heavy atom. The van der Waals surface area contributed by atoms with E-state index in [1.54, 1.807) is 31.0 Å². The Bertz CT molecular complexity index is 526. The van der Waals surface area contributed by atoms with Gasteiger partial charge in [0.2, 0.25) is 0 Å². The summed E-state index contributed by atoms with van der Waals surface area (Å²) in [4.78, 5) is 25.1. The van der Waals surface area contributed by atoms with E-state index < -0.39 is 5.97 Å². The lowest BCUT2D eigenvalue weighted by Gasteiger charge is -2.27. The molecule has 0 aromatic heterocycles. The van der Waals surface area contributed by atoms with Gasteiger partial charge in [0.25, 0.3) is 0 Å². The van der Waals surface area contributed by atoms with Gasteiger partial charge in [-0.1, -0.05) is 26.0 Å². The van der Waals surface area contributed by atoms with Crippen molar-refractivity contribution in [1.82, 2.24) is 4.90 Å². The highest BCUT2D eigenvalue weighted by molar-refractivity contribution is 6.00. The Morgan fingerprint density at radius 3 is 2.43 bits per heavy atom. The van der Waals surface area contributed by atoms with Gasteiger partial charge in [-0.05, 0) is 37.8 Å². The molecule has 1 aromatic carbocycles. The van der Waals surface area contributed by atoms with Crippen LogP contribution >= 0.6 is 0 Å². The number of para-hydroxylation sites is 1. The van der Waals surface area contributed by atoms with Crippen molar-refractivity contribution >= 4 is 17.7 Å². The highest BCUT2D eigenvalue weighted by Crippen LogP contribution is 2.21. The van der Waals surface area contributed by atoms with Crippen molar-refractivity contribution < 1.29 is 14.7 Å². The fraction of sp³-hybridized carbons (Fsp3) is 0.500. The summed E-state index contributed by atoms with van der Waals surface area (Å²) < 4.78 is 0. The number of carbonyl (C=O) groups excluding carboxylic acids is 1. The number of anilines is 1. The minimum atomic E-state index is -1.05. The minimum absolute atomic E-state index is 0.0855. The summed E-state index contributed by atoms with van der Waals surface area (Å²) in [5, 5.41) is 11.9. The van der Waals surface area contributed by atoms with E-state index in [0.717, 1.165) is 12.0 Å². The van der Waals surface area contributed by atoms with Gasteiger partial charge < -0.3 is 15.3 Å². The van der Waals surface area contributed by atoms with Gasteiger partial charge in [0.1, 0.15) is 0 Å². The van der Waals surface area contributed by atoms with Gasteiger partial charge in [-0.3, -0.25) is 0 Å². The number of carboxylic acids is 1. The van der Waals surface area contributed by atoms with Crippen molar-refractivity contribution in [3.63, 3.8) is 0 Å². The summed E-state index contributed by atoms with van der Waals surface area (Å²) in [6.45, 7) is 7.97. The van der Waals surface area contributed by atoms with Crippen LogP contribution in [0.1, 0.15) is 43.1 Å². The zero-order chi connectivity index (χ0) is 16.2. The smallest absolute Gasteiger partial charge is 0.337 e. The topological polar surface area (TPSA) is 69.6 Å². The Hall–Kier alpha value is -2.04. The molecule has 0 aliphatic rings. The molecule has 116 valence electrons. The van der Waals surface area contributed by atoms with Crippen molar-refractivity contribution in [2.45, 2.75) is 40.2 Å². The Balaban J connectivity index is 2.91. The first kappa shape index (κ1) is 17.0. The van der Waals surface area contributed by atoms with Gasteiger partial charge in [-0.15, -0.1) is 0 Å². The zero-order valence-electron chi connectivity index (χ0n) is 13.3. The second-order valence-corrected chi connectivity index (χ2v) is 5.82. The first-order chi connectivity index (χ1) is 9.73. The van der Waals surface area contributed by atoms with Crippen molar-refractivity contribution in [2.24, 2.45) is 5.92 Å². The monoisotopic (exact) mass is 292 g/mol. The number of amides is 2. The van der Waals surface area contributed by atoms with Gasteiger partial charge in [-0.2, -0.15) is 0 Å². The molecule has 1 unspecified atom stereocenters. The average Bonchev–Trinajstić information content (AvgIpc) is 2.38.